The van der Waals surface area contributed by atoms with E-state index in [9.17, 15) is 4.79 Å². The van der Waals surface area contributed by atoms with Crippen LogP contribution in [0.4, 0.5) is 4.79 Å². The maximum atomic E-state index is 11.4. The van der Waals surface area contributed by atoms with E-state index < -0.39 is 5.60 Å². The zero-order valence-electron chi connectivity index (χ0n) is 9.81. The molecule has 1 saturated carbocycles. The van der Waals surface area contributed by atoms with Gasteiger partial charge in [0.25, 0.3) is 0 Å². The Hall–Kier alpha value is -0.730. The van der Waals surface area contributed by atoms with Gasteiger partial charge in [-0.05, 0) is 46.5 Å². The van der Waals surface area contributed by atoms with Gasteiger partial charge in [0.05, 0.1) is 0 Å². The Labute approximate surface area is 86.2 Å². The molecule has 0 aromatic carbocycles. The molecule has 1 aliphatic carbocycles. The highest BCUT2D eigenvalue weighted by Gasteiger charge is 2.39. The van der Waals surface area contributed by atoms with Crippen molar-refractivity contribution in [1.29, 1.82) is 0 Å². The van der Waals surface area contributed by atoms with Crippen molar-refractivity contribution in [2.75, 3.05) is 0 Å². The first kappa shape index (κ1) is 11.3. The van der Waals surface area contributed by atoms with Crippen LogP contribution in [0.15, 0.2) is 0 Å². The zero-order chi connectivity index (χ0) is 11.0. The number of carbonyl (C=O) groups is 1. The standard InChI is InChI=1S/C11H21NO2/c1-8-6-11(5,7-8)12-9(13)14-10(2,3)4/h8H,6-7H2,1-5H3,(H,12,13). The monoisotopic (exact) mass is 199 g/mol. The largest absolute Gasteiger partial charge is 0.444 e. The van der Waals surface area contributed by atoms with Crippen molar-refractivity contribution in [3.63, 3.8) is 0 Å². The molecule has 0 aliphatic heterocycles. The summed E-state index contributed by atoms with van der Waals surface area (Å²) in [7, 11) is 0. The summed E-state index contributed by atoms with van der Waals surface area (Å²) in [5, 5.41) is 2.92. The van der Waals surface area contributed by atoms with Crippen molar-refractivity contribution in [3.05, 3.63) is 0 Å². The Morgan fingerprint density at radius 3 is 2.29 bits per heavy atom. The molecule has 0 atom stereocenters. The molecule has 3 nitrogen and oxygen atoms in total. The lowest BCUT2D eigenvalue weighted by Crippen LogP contribution is -2.55. The number of amides is 1. The number of nitrogens with one attached hydrogen (secondary N) is 1. The second kappa shape index (κ2) is 3.44. The molecule has 14 heavy (non-hydrogen) atoms. The smallest absolute Gasteiger partial charge is 0.408 e. The number of ether oxygens (including phenoxy) is 1. The van der Waals surface area contributed by atoms with Crippen molar-refractivity contribution >= 4 is 6.09 Å². The van der Waals surface area contributed by atoms with Crippen LogP contribution in [0.25, 0.3) is 0 Å². The van der Waals surface area contributed by atoms with E-state index >= 15 is 0 Å². The molecule has 0 unspecified atom stereocenters. The SMILES string of the molecule is CC1CC(C)(NC(=O)OC(C)(C)C)C1. The average Bonchev–Trinajstić information content (AvgIpc) is 1.76. The van der Waals surface area contributed by atoms with Gasteiger partial charge >= 0.3 is 6.09 Å². The molecule has 3 heteroatoms. The maximum absolute atomic E-state index is 11.4. The molecule has 0 heterocycles. The predicted molar refractivity (Wildman–Crippen MR) is 56.2 cm³/mol. The summed E-state index contributed by atoms with van der Waals surface area (Å²) in [6, 6.07) is 0. The first-order chi connectivity index (χ1) is 6.20. The Bertz CT molecular complexity index is 224. The molecule has 1 aliphatic rings. The quantitative estimate of drug-likeness (QED) is 0.705. The van der Waals surface area contributed by atoms with E-state index in [4.69, 9.17) is 4.74 Å². The minimum Gasteiger partial charge on any atom is -0.444 e. The highest BCUT2D eigenvalue weighted by atomic mass is 16.6. The molecule has 1 amide bonds. The summed E-state index contributed by atoms with van der Waals surface area (Å²) < 4.78 is 5.19. The highest BCUT2D eigenvalue weighted by molar-refractivity contribution is 5.68. The van der Waals surface area contributed by atoms with Gasteiger partial charge in [-0.25, -0.2) is 4.79 Å². The summed E-state index contributed by atoms with van der Waals surface area (Å²) >= 11 is 0. The van der Waals surface area contributed by atoms with Crippen LogP contribution < -0.4 is 5.32 Å². The van der Waals surface area contributed by atoms with Crippen LogP contribution in [-0.2, 0) is 4.74 Å². The van der Waals surface area contributed by atoms with E-state index in [-0.39, 0.29) is 11.6 Å². The van der Waals surface area contributed by atoms with Gasteiger partial charge < -0.3 is 10.1 Å². The minimum atomic E-state index is -0.407. The van der Waals surface area contributed by atoms with Gasteiger partial charge in [0.15, 0.2) is 0 Å². The van der Waals surface area contributed by atoms with E-state index in [0.29, 0.717) is 0 Å². The lowest BCUT2D eigenvalue weighted by atomic mass is 9.70. The van der Waals surface area contributed by atoms with Gasteiger partial charge in [0.2, 0.25) is 0 Å². The minimum absolute atomic E-state index is 0.0399. The summed E-state index contributed by atoms with van der Waals surface area (Å²) in [5.41, 5.74) is -0.447. The van der Waals surface area contributed by atoms with Crippen molar-refractivity contribution in [3.8, 4) is 0 Å². The molecule has 0 aromatic rings. The summed E-state index contributed by atoms with van der Waals surface area (Å²) in [6.07, 6.45) is 1.80. The number of hydrogen-bond acceptors (Lipinski definition) is 2. The molecular weight excluding hydrogens is 178 g/mol. The fraction of sp³-hybridized carbons (Fsp3) is 0.909. The molecule has 0 radical (unpaired) electrons. The number of rotatable bonds is 1. The summed E-state index contributed by atoms with van der Waals surface area (Å²) in [4.78, 5) is 11.4. The van der Waals surface area contributed by atoms with E-state index in [2.05, 4.69) is 19.2 Å². The van der Waals surface area contributed by atoms with Crippen LogP contribution in [0.5, 0.6) is 0 Å². The van der Waals surface area contributed by atoms with Gasteiger partial charge in [0.1, 0.15) is 5.60 Å². The zero-order valence-corrected chi connectivity index (χ0v) is 9.81. The topological polar surface area (TPSA) is 38.3 Å². The van der Waals surface area contributed by atoms with Crippen LogP contribution in [0.1, 0.15) is 47.5 Å². The Kier molecular flexibility index (Phi) is 2.79. The average molecular weight is 199 g/mol. The number of alkyl carbamates (subject to hydrolysis) is 1. The van der Waals surface area contributed by atoms with E-state index in [1.165, 1.54) is 0 Å². The Balaban J connectivity index is 2.35. The Morgan fingerprint density at radius 1 is 1.43 bits per heavy atom. The van der Waals surface area contributed by atoms with E-state index in [0.717, 1.165) is 18.8 Å². The van der Waals surface area contributed by atoms with Crippen LogP contribution in [0, 0.1) is 5.92 Å². The van der Waals surface area contributed by atoms with Gasteiger partial charge in [-0.2, -0.15) is 0 Å². The van der Waals surface area contributed by atoms with Crippen molar-refractivity contribution in [1.82, 2.24) is 5.32 Å². The second-order valence-corrected chi connectivity index (χ2v) is 5.70. The first-order valence-electron chi connectivity index (χ1n) is 5.21. The third kappa shape index (κ3) is 3.20. The van der Waals surface area contributed by atoms with Crippen molar-refractivity contribution in [2.45, 2.75) is 58.6 Å². The molecule has 1 rings (SSSR count). The molecule has 1 N–H and O–H groups in total. The number of carbonyl (C=O) groups excluding carboxylic acids is 1. The lowest BCUT2D eigenvalue weighted by Gasteiger charge is -2.44. The molecular formula is C11H21NO2. The van der Waals surface area contributed by atoms with Gasteiger partial charge in [0, 0.05) is 5.54 Å². The van der Waals surface area contributed by atoms with Crippen molar-refractivity contribution < 1.29 is 9.53 Å². The normalized spacial score (nSPS) is 31.9. The fourth-order valence-corrected chi connectivity index (χ4v) is 2.13. The van der Waals surface area contributed by atoms with Crippen molar-refractivity contribution in [2.24, 2.45) is 5.92 Å². The van der Waals surface area contributed by atoms with E-state index in [1.807, 2.05) is 20.8 Å². The molecule has 0 aromatic heterocycles. The fourth-order valence-electron chi connectivity index (χ4n) is 2.13. The summed E-state index contributed by atoms with van der Waals surface area (Å²) in [6.45, 7) is 9.88. The summed E-state index contributed by atoms with van der Waals surface area (Å²) in [5.74, 6) is 0.718. The van der Waals surface area contributed by atoms with Gasteiger partial charge in [-0.1, -0.05) is 6.92 Å². The highest BCUT2D eigenvalue weighted by Crippen LogP contribution is 2.36. The molecule has 0 spiro atoms. The van der Waals surface area contributed by atoms with Gasteiger partial charge in [-0.3, -0.25) is 0 Å². The maximum Gasteiger partial charge on any atom is 0.408 e. The van der Waals surface area contributed by atoms with Crippen LogP contribution in [-0.4, -0.2) is 17.2 Å². The molecule has 0 bridgehead atoms. The third-order valence-electron chi connectivity index (χ3n) is 2.40. The Morgan fingerprint density at radius 2 is 1.93 bits per heavy atom. The molecule has 82 valence electrons. The second-order valence-electron chi connectivity index (χ2n) is 5.70. The molecule has 1 fully saturated rings. The predicted octanol–water partition coefficient (Wildman–Crippen LogP) is 2.70. The lowest BCUT2D eigenvalue weighted by molar-refractivity contribution is 0.0344. The van der Waals surface area contributed by atoms with E-state index in [1.54, 1.807) is 0 Å². The van der Waals surface area contributed by atoms with Crippen LogP contribution in [0.2, 0.25) is 0 Å². The third-order valence-corrected chi connectivity index (χ3v) is 2.40. The van der Waals surface area contributed by atoms with Gasteiger partial charge in [-0.15, -0.1) is 0 Å². The van der Waals surface area contributed by atoms with Crippen LogP contribution in [0.3, 0.4) is 0 Å². The molecule has 0 saturated heterocycles. The number of hydrogen-bond donors (Lipinski definition) is 1. The van der Waals surface area contributed by atoms with Crippen LogP contribution >= 0.6 is 0 Å². The first-order valence-corrected chi connectivity index (χ1v) is 5.21.